The summed E-state index contributed by atoms with van der Waals surface area (Å²) in [6.07, 6.45) is 3.93. The highest BCUT2D eigenvalue weighted by molar-refractivity contribution is 5.29. The zero-order valence-electron chi connectivity index (χ0n) is 9.15. The average Bonchev–Trinajstić information content (AvgIpc) is 2.38. The summed E-state index contributed by atoms with van der Waals surface area (Å²) in [7, 11) is 0. The maximum Gasteiger partial charge on any atom is 0.144 e. The minimum absolute atomic E-state index is 0.405. The Labute approximate surface area is 95.3 Å². The molecule has 0 amide bonds. The predicted octanol–water partition coefficient (Wildman–Crippen LogP) is 1.33. The Bertz CT molecular complexity index is 380. The molecular weight excluding hydrogens is 202 g/mol. The average molecular weight is 217 g/mol. The van der Waals surface area contributed by atoms with Crippen LogP contribution in [-0.4, -0.2) is 24.7 Å². The van der Waals surface area contributed by atoms with E-state index < -0.39 is 0 Å². The van der Waals surface area contributed by atoms with Crippen molar-refractivity contribution in [2.75, 3.05) is 19.7 Å². The molecule has 16 heavy (non-hydrogen) atoms. The summed E-state index contributed by atoms with van der Waals surface area (Å²) in [5.74, 6) is 1.37. The van der Waals surface area contributed by atoms with Crippen molar-refractivity contribution in [2.24, 2.45) is 5.92 Å². The van der Waals surface area contributed by atoms with E-state index in [1.165, 1.54) is 0 Å². The number of hydrogen-bond donors (Lipinski definition) is 1. The van der Waals surface area contributed by atoms with E-state index in [2.05, 4.69) is 10.3 Å². The highest BCUT2D eigenvalue weighted by atomic mass is 16.5. The van der Waals surface area contributed by atoms with Gasteiger partial charge in [-0.2, -0.15) is 5.26 Å². The summed E-state index contributed by atoms with van der Waals surface area (Å²) in [5.41, 5.74) is 0.405. The van der Waals surface area contributed by atoms with Crippen LogP contribution in [0.2, 0.25) is 0 Å². The van der Waals surface area contributed by atoms with Gasteiger partial charge in [0, 0.05) is 12.3 Å². The molecule has 1 fully saturated rings. The molecule has 2 rings (SSSR count). The second-order valence-electron chi connectivity index (χ2n) is 3.99. The van der Waals surface area contributed by atoms with Crippen LogP contribution in [0.4, 0.5) is 0 Å². The molecule has 1 saturated heterocycles. The maximum absolute atomic E-state index is 8.70. The summed E-state index contributed by atoms with van der Waals surface area (Å²) < 4.78 is 5.67. The Morgan fingerprint density at radius 2 is 2.31 bits per heavy atom. The van der Waals surface area contributed by atoms with Crippen molar-refractivity contribution < 1.29 is 4.74 Å². The fraction of sp³-hybridized carbons (Fsp3) is 0.500. The Balaban J connectivity index is 1.86. The Morgan fingerprint density at radius 3 is 3.06 bits per heavy atom. The molecule has 2 heterocycles. The first kappa shape index (κ1) is 10.9. The van der Waals surface area contributed by atoms with Gasteiger partial charge in [0.2, 0.25) is 0 Å². The molecular formula is C12H15N3O. The highest BCUT2D eigenvalue weighted by Gasteiger charge is 2.13. The molecule has 0 spiro atoms. The summed E-state index contributed by atoms with van der Waals surface area (Å²) in [5, 5.41) is 12.0. The van der Waals surface area contributed by atoms with Crippen molar-refractivity contribution in [3.63, 3.8) is 0 Å². The molecule has 0 radical (unpaired) electrons. The van der Waals surface area contributed by atoms with Crippen molar-refractivity contribution in [2.45, 2.75) is 12.8 Å². The van der Waals surface area contributed by atoms with Gasteiger partial charge in [-0.1, -0.05) is 0 Å². The van der Waals surface area contributed by atoms with Crippen molar-refractivity contribution in [3.05, 3.63) is 24.0 Å². The van der Waals surface area contributed by atoms with Crippen LogP contribution in [0.25, 0.3) is 0 Å². The van der Waals surface area contributed by atoms with E-state index in [-0.39, 0.29) is 0 Å². The van der Waals surface area contributed by atoms with E-state index in [1.54, 1.807) is 18.3 Å². The zero-order chi connectivity index (χ0) is 11.2. The lowest BCUT2D eigenvalue weighted by molar-refractivity contribution is 0.215. The maximum atomic E-state index is 8.70. The molecule has 0 aliphatic carbocycles. The zero-order valence-corrected chi connectivity index (χ0v) is 9.15. The lowest BCUT2D eigenvalue weighted by atomic mass is 9.99. The van der Waals surface area contributed by atoms with E-state index in [9.17, 15) is 0 Å². The normalized spacial score (nSPS) is 16.7. The molecule has 0 saturated carbocycles. The van der Waals surface area contributed by atoms with Gasteiger partial charge >= 0.3 is 0 Å². The summed E-state index contributed by atoms with van der Waals surface area (Å²) in [4.78, 5) is 3.90. The number of nitrogens with zero attached hydrogens (tertiary/aromatic N) is 2. The second-order valence-corrected chi connectivity index (χ2v) is 3.99. The standard InChI is InChI=1S/C12H15N3O/c13-8-11-7-12(3-6-15-11)16-9-10-1-4-14-5-2-10/h3,6-7,10,14H,1-2,4-5,9H2. The van der Waals surface area contributed by atoms with Crippen LogP contribution in [-0.2, 0) is 0 Å². The van der Waals surface area contributed by atoms with E-state index >= 15 is 0 Å². The lowest BCUT2D eigenvalue weighted by Crippen LogP contribution is -2.30. The van der Waals surface area contributed by atoms with Gasteiger partial charge < -0.3 is 10.1 Å². The minimum Gasteiger partial charge on any atom is -0.493 e. The topological polar surface area (TPSA) is 57.9 Å². The second kappa shape index (κ2) is 5.47. The van der Waals surface area contributed by atoms with Crippen molar-refractivity contribution in [1.82, 2.24) is 10.3 Å². The fourth-order valence-corrected chi connectivity index (χ4v) is 1.82. The van der Waals surface area contributed by atoms with Gasteiger partial charge in [0.15, 0.2) is 0 Å². The summed E-state index contributed by atoms with van der Waals surface area (Å²) >= 11 is 0. The molecule has 1 aliphatic heterocycles. The largest absolute Gasteiger partial charge is 0.493 e. The molecule has 1 aromatic heterocycles. The molecule has 0 atom stereocenters. The number of pyridine rings is 1. The Hall–Kier alpha value is -1.60. The molecule has 1 N–H and O–H groups in total. The lowest BCUT2D eigenvalue weighted by Gasteiger charge is -2.22. The van der Waals surface area contributed by atoms with Crippen LogP contribution in [0.1, 0.15) is 18.5 Å². The molecule has 0 aromatic carbocycles. The molecule has 84 valence electrons. The first-order valence-corrected chi connectivity index (χ1v) is 5.58. The van der Waals surface area contributed by atoms with Gasteiger partial charge in [-0.25, -0.2) is 4.98 Å². The number of aromatic nitrogens is 1. The third-order valence-electron chi connectivity index (χ3n) is 2.79. The first-order valence-electron chi connectivity index (χ1n) is 5.58. The molecule has 4 nitrogen and oxygen atoms in total. The van der Waals surface area contributed by atoms with Gasteiger partial charge in [-0.15, -0.1) is 0 Å². The van der Waals surface area contributed by atoms with Crippen LogP contribution in [0.15, 0.2) is 18.3 Å². The van der Waals surface area contributed by atoms with Gasteiger partial charge in [0.05, 0.1) is 6.61 Å². The van der Waals surface area contributed by atoms with Gasteiger partial charge in [-0.05, 0) is 37.9 Å². The van der Waals surface area contributed by atoms with Crippen molar-refractivity contribution in [1.29, 1.82) is 5.26 Å². The predicted molar refractivity (Wildman–Crippen MR) is 60.0 cm³/mol. The third kappa shape index (κ3) is 2.94. The van der Waals surface area contributed by atoms with E-state index in [0.717, 1.165) is 38.3 Å². The summed E-state index contributed by atoms with van der Waals surface area (Å²) in [6.45, 7) is 2.89. The number of rotatable bonds is 3. The Morgan fingerprint density at radius 1 is 1.50 bits per heavy atom. The van der Waals surface area contributed by atoms with Crippen LogP contribution in [0, 0.1) is 17.2 Å². The van der Waals surface area contributed by atoms with Gasteiger partial charge in [0.1, 0.15) is 17.5 Å². The van der Waals surface area contributed by atoms with Crippen LogP contribution < -0.4 is 10.1 Å². The van der Waals surface area contributed by atoms with Gasteiger partial charge in [-0.3, -0.25) is 0 Å². The van der Waals surface area contributed by atoms with E-state index in [0.29, 0.717) is 11.6 Å². The fourth-order valence-electron chi connectivity index (χ4n) is 1.82. The summed E-state index contributed by atoms with van der Waals surface area (Å²) in [6, 6.07) is 5.48. The smallest absolute Gasteiger partial charge is 0.144 e. The number of hydrogen-bond acceptors (Lipinski definition) is 4. The van der Waals surface area contributed by atoms with E-state index in [4.69, 9.17) is 10.00 Å². The van der Waals surface area contributed by atoms with Crippen LogP contribution in [0.5, 0.6) is 5.75 Å². The van der Waals surface area contributed by atoms with Crippen LogP contribution in [0.3, 0.4) is 0 Å². The molecule has 0 bridgehead atoms. The Kier molecular flexibility index (Phi) is 3.73. The number of ether oxygens (including phenoxy) is 1. The molecule has 4 heteroatoms. The highest BCUT2D eigenvalue weighted by Crippen LogP contribution is 2.16. The van der Waals surface area contributed by atoms with Crippen molar-refractivity contribution >= 4 is 0 Å². The quantitative estimate of drug-likeness (QED) is 0.829. The minimum atomic E-state index is 0.405. The van der Waals surface area contributed by atoms with Crippen molar-refractivity contribution in [3.8, 4) is 11.8 Å². The SMILES string of the molecule is N#Cc1cc(OCC2CCNCC2)ccn1. The monoisotopic (exact) mass is 217 g/mol. The van der Waals surface area contributed by atoms with Crippen LogP contribution >= 0.6 is 0 Å². The molecule has 1 aromatic rings. The number of nitriles is 1. The molecule has 0 unspecified atom stereocenters. The van der Waals surface area contributed by atoms with E-state index in [1.807, 2.05) is 6.07 Å². The number of piperidine rings is 1. The first-order chi connectivity index (χ1) is 7.88. The number of nitrogens with one attached hydrogen (secondary N) is 1. The third-order valence-corrected chi connectivity index (χ3v) is 2.79. The van der Waals surface area contributed by atoms with Gasteiger partial charge in [0.25, 0.3) is 0 Å². The molecule has 1 aliphatic rings.